The van der Waals surface area contributed by atoms with E-state index in [-0.39, 0.29) is 11.4 Å². The van der Waals surface area contributed by atoms with Crippen molar-refractivity contribution in [3.05, 3.63) is 50.4 Å². The Morgan fingerprint density at radius 1 is 1.44 bits per heavy atom. The average molecular weight is 247 g/mol. The fourth-order valence-corrected chi connectivity index (χ4v) is 1.79. The number of aromatic amines is 1. The maximum atomic E-state index is 11.8. The second kappa shape index (κ2) is 4.48. The third kappa shape index (κ3) is 1.81. The molecule has 2 rings (SSSR count). The summed E-state index contributed by atoms with van der Waals surface area (Å²) in [6, 6.07) is 1.72. The van der Waals surface area contributed by atoms with Crippen molar-refractivity contribution in [1.29, 1.82) is 0 Å². The Kier molecular flexibility index (Phi) is 3.01. The predicted molar refractivity (Wildman–Crippen MR) is 66.2 cm³/mol. The molecule has 6 nitrogen and oxygen atoms in total. The fourth-order valence-electron chi connectivity index (χ4n) is 1.79. The van der Waals surface area contributed by atoms with Gasteiger partial charge in [-0.3, -0.25) is 14.8 Å². The van der Waals surface area contributed by atoms with Gasteiger partial charge in [-0.25, -0.2) is 9.36 Å². The first-order valence-electron chi connectivity index (χ1n) is 5.54. The Morgan fingerprint density at radius 3 is 2.78 bits per heavy atom. The molecule has 2 aromatic heterocycles. The maximum absolute atomic E-state index is 11.8. The van der Waals surface area contributed by atoms with Crippen molar-refractivity contribution in [3.8, 4) is 11.6 Å². The number of nitrogens with one attached hydrogen (secondary N) is 1. The van der Waals surface area contributed by atoms with E-state index in [4.69, 9.17) is 0 Å². The van der Waals surface area contributed by atoms with Gasteiger partial charge in [-0.2, -0.15) is 0 Å². The molecular formula is C12H13N3O3. The lowest BCUT2D eigenvalue weighted by Crippen LogP contribution is -2.31. The van der Waals surface area contributed by atoms with Crippen LogP contribution in [0.2, 0.25) is 0 Å². The van der Waals surface area contributed by atoms with Crippen LogP contribution in [0.3, 0.4) is 0 Å². The smallest absolute Gasteiger partial charge is 0.335 e. The molecule has 0 aliphatic carbocycles. The number of H-pyrrole nitrogens is 1. The lowest BCUT2D eigenvalue weighted by atomic mass is 10.2. The molecule has 0 aliphatic rings. The number of hydrogen-bond donors (Lipinski definition) is 2. The van der Waals surface area contributed by atoms with Crippen LogP contribution < -0.4 is 11.2 Å². The molecule has 18 heavy (non-hydrogen) atoms. The van der Waals surface area contributed by atoms with E-state index in [9.17, 15) is 14.7 Å². The predicted octanol–water partition coefficient (Wildman–Crippen LogP) is 0.497. The number of aromatic hydroxyl groups is 1. The Labute approximate surface area is 103 Å². The summed E-state index contributed by atoms with van der Waals surface area (Å²) < 4.78 is 1.06. The maximum Gasteiger partial charge on any atom is 0.335 e. The highest BCUT2D eigenvalue weighted by Gasteiger charge is 2.15. The summed E-state index contributed by atoms with van der Waals surface area (Å²) in [6.45, 7) is 3.52. The second-order valence-electron chi connectivity index (χ2n) is 3.91. The van der Waals surface area contributed by atoms with Crippen LogP contribution in [0.15, 0.2) is 28.0 Å². The van der Waals surface area contributed by atoms with Gasteiger partial charge in [0.1, 0.15) is 0 Å². The van der Waals surface area contributed by atoms with Gasteiger partial charge in [0.15, 0.2) is 0 Å². The van der Waals surface area contributed by atoms with Gasteiger partial charge in [-0.15, -0.1) is 0 Å². The quantitative estimate of drug-likeness (QED) is 0.808. The van der Waals surface area contributed by atoms with Crippen molar-refractivity contribution in [2.24, 2.45) is 0 Å². The lowest BCUT2D eigenvalue weighted by Gasteiger charge is -2.11. The molecule has 0 aliphatic heterocycles. The molecule has 0 atom stereocenters. The van der Waals surface area contributed by atoms with Gasteiger partial charge >= 0.3 is 5.69 Å². The normalized spacial score (nSPS) is 10.6. The van der Waals surface area contributed by atoms with E-state index < -0.39 is 11.2 Å². The van der Waals surface area contributed by atoms with Crippen LogP contribution in [0, 0.1) is 6.92 Å². The molecule has 0 fully saturated rings. The molecule has 0 amide bonds. The number of nitrogens with zero attached hydrogens (tertiary/aromatic N) is 2. The second-order valence-corrected chi connectivity index (χ2v) is 3.91. The van der Waals surface area contributed by atoms with Crippen molar-refractivity contribution in [2.45, 2.75) is 20.3 Å². The number of pyridine rings is 1. The first kappa shape index (κ1) is 12.1. The Balaban J connectivity index is 2.85. The summed E-state index contributed by atoms with van der Waals surface area (Å²) in [7, 11) is 0. The Bertz CT molecular complexity index is 700. The van der Waals surface area contributed by atoms with Crippen LogP contribution >= 0.6 is 0 Å². The van der Waals surface area contributed by atoms with Crippen LogP contribution in [0.25, 0.3) is 5.69 Å². The molecule has 2 heterocycles. The molecule has 0 aromatic carbocycles. The van der Waals surface area contributed by atoms with Crippen molar-refractivity contribution in [2.75, 3.05) is 0 Å². The molecule has 0 saturated heterocycles. The highest BCUT2D eigenvalue weighted by atomic mass is 16.3. The lowest BCUT2D eigenvalue weighted by molar-refractivity contribution is 0.423. The van der Waals surface area contributed by atoms with E-state index >= 15 is 0 Å². The number of aryl methyl sites for hydroxylation is 1. The summed E-state index contributed by atoms with van der Waals surface area (Å²) in [4.78, 5) is 29.4. The molecule has 0 unspecified atom stereocenters. The van der Waals surface area contributed by atoms with Crippen LogP contribution in [0.4, 0.5) is 0 Å². The van der Waals surface area contributed by atoms with Gasteiger partial charge in [0.05, 0.1) is 17.4 Å². The first-order valence-corrected chi connectivity index (χ1v) is 5.54. The molecule has 94 valence electrons. The summed E-state index contributed by atoms with van der Waals surface area (Å²) in [6.07, 6.45) is 3.39. The van der Waals surface area contributed by atoms with Gasteiger partial charge in [0.2, 0.25) is 5.88 Å². The van der Waals surface area contributed by atoms with Gasteiger partial charge in [-0.1, -0.05) is 6.92 Å². The van der Waals surface area contributed by atoms with Crippen molar-refractivity contribution >= 4 is 0 Å². The Hall–Kier alpha value is -2.37. The number of rotatable bonds is 2. The largest absolute Gasteiger partial charge is 0.494 e. The van der Waals surface area contributed by atoms with Crippen molar-refractivity contribution < 1.29 is 5.11 Å². The summed E-state index contributed by atoms with van der Waals surface area (Å²) >= 11 is 0. The van der Waals surface area contributed by atoms with E-state index in [2.05, 4.69) is 9.97 Å². The fraction of sp³-hybridized carbons (Fsp3) is 0.250. The zero-order chi connectivity index (χ0) is 13.3. The van der Waals surface area contributed by atoms with Crippen LogP contribution in [-0.2, 0) is 6.42 Å². The first-order chi connectivity index (χ1) is 8.56. The number of aromatic nitrogens is 3. The minimum absolute atomic E-state index is 0.179. The van der Waals surface area contributed by atoms with Gasteiger partial charge in [0.25, 0.3) is 5.56 Å². The van der Waals surface area contributed by atoms with Gasteiger partial charge < -0.3 is 5.11 Å². The van der Waals surface area contributed by atoms with E-state index in [0.717, 1.165) is 10.1 Å². The minimum atomic E-state index is -0.675. The minimum Gasteiger partial charge on any atom is -0.494 e. The van der Waals surface area contributed by atoms with E-state index in [1.165, 1.54) is 6.20 Å². The van der Waals surface area contributed by atoms with Crippen molar-refractivity contribution in [3.63, 3.8) is 0 Å². The molecule has 0 radical (unpaired) electrons. The monoisotopic (exact) mass is 247 g/mol. The molecule has 2 aromatic rings. The third-order valence-corrected chi connectivity index (χ3v) is 2.79. The SMILES string of the molecule is CCc1c(O)n(-c2cnccc2C)c(=O)[nH]c1=O. The molecule has 0 spiro atoms. The summed E-state index contributed by atoms with van der Waals surface area (Å²) in [5.41, 5.74) is 0.170. The molecule has 0 bridgehead atoms. The highest BCUT2D eigenvalue weighted by Crippen LogP contribution is 2.18. The van der Waals surface area contributed by atoms with E-state index in [1.54, 1.807) is 26.1 Å². The average Bonchev–Trinajstić information content (AvgIpc) is 2.31. The molecular weight excluding hydrogens is 234 g/mol. The third-order valence-electron chi connectivity index (χ3n) is 2.79. The topological polar surface area (TPSA) is 88.0 Å². The van der Waals surface area contributed by atoms with Crippen LogP contribution in [0.1, 0.15) is 18.1 Å². The van der Waals surface area contributed by atoms with E-state index in [1.807, 2.05) is 0 Å². The molecule has 2 N–H and O–H groups in total. The Morgan fingerprint density at radius 2 is 2.17 bits per heavy atom. The highest BCUT2D eigenvalue weighted by molar-refractivity contribution is 5.41. The van der Waals surface area contributed by atoms with Crippen molar-refractivity contribution in [1.82, 2.24) is 14.5 Å². The number of hydrogen-bond acceptors (Lipinski definition) is 4. The summed E-state index contributed by atoms with van der Waals surface area (Å²) in [5.74, 6) is -0.331. The standard InChI is InChI=1S/C12H13N3O3/c1-3-8-10(16)14-12(18)15(11(8)17)9-6-13-5-4-7(9)2/h4-6,17H,3H2,1-2H3,(H,14,16,18). The molecule has 6 heteroatoms. The zero-order valence-corrected chi connectivity index (χ0v) is 10.1. The van der Waals surface area contributed by atoms with E-state index in [0.29, 0.717) is 12.1 Å². The van der Waals surface area contributed by atoms with Gasteiger partial charge in [-0.05, 0) is 25.0 Å². The molecule has 0 saturated carbocycles. The summed E-state index contributed by atoms with van der Waals surface area (Å²) in [5, 5.41) is 10.0. The van der Waals surface area contributed by atoms with Crippen LogP contribution in [0.5, 0.6) is 5.88 Å². The zero-order valence-electron chi connectivity index (χ0n) is 10.1. The van der Waals surface area contributed by atoms with Crippen LogP contribution in [-0.4, -0.2) is 19.6 Å². The van der Waals surface area contributed by atoms with Gasteiger partial charge in [0, 0.05) is 6.20 Å².